The van der Waals surface area contributed by atoms with E-state index < -0.39 is 0 Å². The van der Waals surface area contributed by atoms with Crippen LogP contribution in [0, 0.1) is 0 Å². The number of hydrogen-bond acceptors (Lipinski definition) is 2. The summed E-state index contributed by atoms with van der Waals surface area (Å²) in [6.45, 7) is 0.897. The van der Waals surface area contributed by atoms with Gasteiger partial charge in [-0.3, -0.25) is 0 Å². The maximum Gasteiger partial charge on any atom is 0.136 e. The van der Waals surface area contributed by atoms with E-state index in [4.69, 9.17) is 4.74 Å². The summed E-state index contributed by atoms with van der Waals surface area (Å²) in [5, 5.41) is 0. The summed E-state index contributed by atoms with van der Waals surface area (Å²) in [4.78, 5) is 4.48. The van der Waals surface area contributed by atoms with Crippen molar-refractivity contribution in [1.29, 1.82) is 0 Å². The molecule has 3 heterocycles. The molecule has 0 spiro atoms. The van der Waals surface area contributed by atoms with Crippen LogP contribution in [0.15, 0.2) is 30.6 Å². The van der Waals surface area contributed by atoms with Gasteiger partial charge in [0.2, 0.25) is 0 Å². The zero-order chi connectivity index (χ0) is 8.67. The van der Waals surface area contributed by atoms with Crippen molar-refractivity contribution in [2.45, 2.75) is 12.5 Å². The van der Waals surface area contributed by atoms with Crippen molar-refractivity contribution in [1.82, 2.24) is 9.38 Å². The Labute approximate surface area is 76.0 Å². The normalized spacial score (nSPS) is 20.8. The third kappa shape index (κ3) is 1.31. The van der Waals surface area contributed by atoms with Crippen LogP contribution in [-0.4, -0.2) is 22.1 Å². The van der Waals surface area contributed by atoms with Gasteiger partial charge in [0.05, 0.1) is 18.4 Å². The molecule has 0 radical (unpaired) electrons. The Balaban J connectivity index is 2.00. The van der Waals surface area contributed by atoms with Crippen LogP contribution in [0.1, 0.15) is 5.69 Å². The van der Waals surface area contributed by atoms with E-state index in [0.717, 1.165) is 24.4 Å². The van der Waals surface area contributed by atoms with Gasteiger partial charge in [-0.25, -0.2) is 4.98 Å². The molecule has 1 atom stereocenters. The summed E-state index contributed by atoms with van der Waals surface area (Å²) in [6.07, 6.45) is 5.45. The number of imidazole rings is 1. The molecule has 3 nitrogen and oxygen atoms in total. The number of fused-ring (bicyclic) bond motifs is 1. The van der Waals surface area contributed by atoms with Gasteiger partial charge in [-0.2, -0.15) is 0 Å². The molecule has 1 fully saturated rings. The number of pyridine rings is 1. The van der Waals surface area contributed by atoms with Gasteiger partial charge < -0.3 is 9.14 Å². The van der Waals surface area contributed by atoms with E-state index in [9.17, 15) is 0 Å². The van der Waals surface area contributed by atoms with Crippen LogP contribution < -0.4 is 0 Å². The first-order valence-electron chi connectivity index (χ1n) is 4.46. The van der Waals surface area contributed by atoms with Crippen molar-refractivity contribution < 1.29 is 4.74 Å². The molecule has 0 amide bonds. The van der Waals surface area contributed by atoms with Gasteiger partial charge in [-0.1, -0.05) is 6.07 Å². The molecule has 0 saturated carbocycles. The van der Waals surface area contributed by atoms with Gasteiger partial charge in [0.15, 0.2) is 0 Å². The van der Waals surface area contributed by atoms with Crippen molar-refractivity contribution in [2.24, 2.45) is 0 Å². The zero-order valence-corrected chi connectivity index (χ0v) is 7.18. The third-order valence-corrected chi connectivity index (χ3v) is 2.25. The molecule has 2 aromatic rings. The first-order chi connectivity index (χ1) is 6.42. The fourth-order valence-electron chi connectivity index (χ4n) is 1.50. The Kier molecular flexibility index (Phi) is 1.40. The van der Waals surface area contributed by atoms with E-state index in [1.54, 1.807) is 0 Å². The number of rotatable bonds is 2. The molecule has 1 unspecified atom stereocenters. The topological polar surface area (TPSA) is 29.8 Å². The van der Waals surface area contributed by atoms with Gasteiger partial charge in [0.25, 0.3) is 0 Å². The highest BCUT2D eigenvalue weighted by atomic mass is 16.6. The van der Waals surface area contributed by atoms with Gasteiger partial charge in [-0.05, 0) is 12.1 Å². The molecule has 1 aliphatic rings. The molecule has 0 bridgehead atoms. The van der Waals surface area contributed by atoms with E-state index in [1.165, 1.54) is 0 Å². The van der Waals surface area contributed by atoms with E-state index in [-0.39, 0.29) is 0 Å². The van der Waals surface area contributed by atoms with Crippen LogP contribution in [-0.2, 0) is 11.2 Å². The Morgan fingerprint density at radius 3 is 3.23 bits per heavy atom. The fourth-order valence-corrected chi connectivity index (χ4v) is 1.50. The first-order valence-corrected chi connectivity index (χ1v) is 4.46. The Bertz CT molecular complexity index is 398. The highest BCUT2D eigenvalue weighted by Crippen LogP contribution is 2.15. The molecular formula is C10H10N2O. The summed E-state index contributed by atoms with van der Waals surface area (Å²) < 4.78 is 7.20. The van der Waals surface area contributed by atoms with E-state index >= 15 is 0 Å². The predicted molar refractivity (Wildman–Crippen MR) is 48.6 cm³/mol. The monoisotopic (exact) mass is 174 g/mol. The predicted octanol–water partition coefficient (Wildman–Crippen LogP) is 1.28. The summed E-state index contributed by atoms with van der Waals surface area (Å²) in [7, 11) is 0. The minimum absolute atomic E-state index is 0.421. The van der Waals surface area contributed by atoms with Gasteiger partial charge in [0, 0.05) is 18.8 Å². The lowest BCUT2D eigenvalue weighted by molar-refractivity contribution is 0.406. The molecular weight excluding hydrogens is 164 g/mol. The minimum Gasteiger partial charge on any atom is -0.373 e. The Morgan fingerprint density at radius 2 is 2.46 bits per heavy atom. The van der Waals surface area contributed by atoms with E-state index in [2.05, 4.69) is 11.2 Å². The Hall–Kier alpha value is -1.35. The molecule has 3 heteroatoms. The van der Waals surface area contributed by atoms with Crippen molar-refractivity contribution in [3.63, 3.8) is 0 Å². The van der Waals surface area contributed by atoms with Crippen LogP contribution in [0.5, 0.6) is 0 Å². The van der Waals surface area contributed by atoms with Crippen LogP contribution in [0.3, 0.4) is 0 Å². The maximum atomic E-state index is 5.16. The first kappa shape index (κ1) is 7.09. The van der Waals surface area contributed by atoms with Crippen molar-refractivity contribution >= 4 is 5.65 Å². The molecule has 2 aromatic heterocycles. The average Bonchev–Trinajstić information content (AvgIpc) is 2.85. The molecule has 1 aliphatic heterocycles. The number of hydrogen-bond donors (Lipinski definition) is 0. The molecule has 1 saturated heterocycles. The molecule has 66 valence electrons. The molecule has 0 aliphatic carbocycles. The molecule has 3 rings (SSSR count). The van der Waals surface area contributed by atoms with Gasteiger partial charge in [-0.15, -0.1) is 0 Å². The fraction of sp³-hybridized carbons (Fsp3) is 0.300. The maximum absolute atomic E-state index is 5.16. The number of nitrogens with zero attached hydrogens (tertiary/aromatic N) is 2. The molecule has 13 heavy (non-hydrogen) atoms. The average molecular weight is 174 g/mol. The second-order valence-corrected chi connectivity index (χ2v) is 3.36. The summed E-state index contributed by atoms with van der Waals surface area (Å²) in [5.74, 6) is 0. The minimum atomic E-state index is 0.421. The zero-order valence-electron chi connectivity index (χ0n) is 7.18. The Morgan fingerprint density at radius 1 is 1.54 bits per heavy atom. The lowest BCUT2D eigenvalue weighted by Gasteiger charge is -1.86. The lowest BCUT2D eigenvalue weighted by atomic mass is 10.3. The number of ether oxygens (including phenoxy) is 1. The van der Waals surface area contributed by atoms with Gasteiger partial charge in [0.1, 0.15) is 5.65 Å². The lowest BCUT2D eigenvalue weighted by Crippen LogP contribution is -1.91. The second-order valence-electron chi connectivity index (χ2n) is 3.36. The summed E-state index contributed by atoms with van der Waals surface area (Å²) >= 11 is 0. The van der Waals surface area contributed by atoms with Gasteiger partial charge >= 0.3 is 0 Å². The highest BCUT2D eigenvalue weighted by Gasteiger charge is 2.23. The van der Waals surface area contributed by atoms with Crippen molar-refractivity contribution in [3.05, 3.63) is 36.3 Å². The van der Waals surface area contributed by atoms with Crippen LogP contribution in [0.25, 0.3) is 5.65 Å². The quantitative estimate of drug-likeness (QED) is 0.642. The van der Waals surface area contributed by atoms with Crippen LogP contribution in [0.4, 0.5) is 0 Å². The SMILES string of the molecule is c1ccn2cc(CC3CO3)nc2c1. The second kappa shape index (κ2) is 2.57. The summed E-state index contributed by atoms with van der Waals surface area (Å²) in [5.41, 5.74) is 2.13. The van der Waals surface area contributed by atoms with Crippen LogP contribution in [0.2, 0.25) is 0 Å². The summed E-state index contributed by atoms with van der Waals surface area (Å²) in [6, 6.07) is 6.02. The smallest absolute Gasteiger partial charge is 0.136 e. The highest BCUT2D eigenvalue weighted by molar-refractivity contribution is 5.39. The van der Waals surface area contributed by atoms with E-state index in [0.29, 0.717) is 6.10 Å². The van der Waals surface area contributed by atoms with Crippen molar-refractivity contribution in [3.8, 4) is 0 Å². The standard InChI is InChI=1S/C10H10N2O/c1-2-4-12-6-8(5-9-7-13-9)11-10(12)3-1/h1-4,6,9H,5,7H2. The van der Waals surface area contributed by atoms with Crippen LogP contribution >= 0.6 is 0 Å². The molecule has 0 aromatic carbocycles. The van der Waals surface area contributed by atoms with E-state index in [1.807, 2.05) is 28.8 Å². The molecule has 0 N–H and O–H groups in total. The third-order valence-electron chi connectivity index (χ3n) is 2.25. The van der Waals surface area contributed by atoms with Crippen molar-refractivity contribution in [2.75, 3.05) is 6.61 Å². The number of aromatic nitrogens is 2. The largest absolute Gasteiger partial charge is 0.373 e. The number of epoxide rings is 1.